The lowest BCUT2D eigenvalue weighted by molar-refractivity contribution is -0.141. The first-order chi connectivity index (χ1) is 14.1. The van der Waals surface area contributed by atoms with Gasteiger partial charge in [-0.3, -0.25) is 0 Å². The van der Waals surface area contributed by atoms with Crippen LogP contribution in [0, 0.1) is 0 Å². The second-order valence-electron chi connectivity index (χ2n) is 6.58. The number of ether oxygens (including phenoxy) is 2. The summed E-state index contributed by atoms with van der Waals surface area (Å²) >= 11 is 0. The Morgan fingerprint density at radius 2 is 1.90 bits per heavy atom. The number of methoxy groups -OCH3 is 2. The van der Waals surface area contributed by atoms with Gasteiger partial charge in [-0.25, -0.2) is 9.78 Å². The van der Waals surface area contributed by atoms with Gasteiger partial charge in [0.2, 0.25) is 5.95 Å². The predicted molar refractivity (Wildman–Crippen MR) is 106 cm³/mol. The fourth-order valence-corrected chi connectivity index (χ4v) is 2.53. The van der Waals surface area contributed by atoms with Crippen molar-refractivity contribution < 1.29 is 27.4 Å². The molecule has 8 nitrogen and oxygen atoms in total. The summed E-state index contributed by atoms with van der Waals surface area (Å²) in [5.74, 6) is -0.576. The highest BCUT2D eigenvalue weighted by atomic mass is 19.4. The molecular weight excluding hydrogens is 403 g/mol. The lowest BCUT2D eigenvalue weighted by atomic mass is 10.2. The quantitative estimate of drug-likeness (QED) is 0.465. The van der Waals surface area contributed by atoms with E-state index in [1.54, 1.807) is 0 Å². The van der Waals surface area contributed by atoms with Crippen LogP contribution in [-0.4, -0.2) is 62.2 Å². The van der Waals surface area contributed by atoms with E-state index in [1.165, 1.54) is 32.4 Å². The molecule has 0 fully saturated rings. The summed E-state index contributed by atoms with van der Waals surface area (Å²) in [5.41, 5.74) is -0.509. The summed E-state index contributed by atoms with van der Waals surface area (Å²) in [7, 11) is 6.42. The Kier molecular flexibility index (Phi) is 7.81. The minimum absolute atomic E-state index is 0.0553. The van der Waals surface area contributed by atoms with Crippen molar-refractivity contribution in [3.8, 4) is 5.75 Å². The Balaban J connectivity index is 2.27. The smallest absolute Gasteiger partial charge is 0.433 e. The first-order valence-electron chi connectivity index (χ1n) is 9.02. The summed E-state index contributed by atoms with van der Waals surface area (Å²) in [6, 6.07) is 5.23. The SMILES string of the molecule is COC(=O)c1ccc(Nc2cc(C(F)(F)F)nc(NCCCN(C)C)n2)cc1OC. The van der Waals surface area contributed by atoms with Gasteiger partial charge in [-0.15, -0.1) is 0 Å². The normalized spacial score (nSPS) is 11.3. The molecule has 1 heterocycles. The molecule has 0 bridgehead atoms. The third-order valence-corrected chi connectivity index (χ3v) is 3.96. The van der Waals surface area contributed by atoms with Gasteiger partial charge < -0.3 is 25.0 Å². The number of hydrogen-bond acceptors (Lipinski definition) is 8. The summed E-state index contributed by atoms with van der Waals surface area (Å²) in [6.45, 7) is 1.18. The number of alkyl halides is 3. The van der Waals surface area contributed by atoms with Crippen molar-refractivity contribution in [3.63, 3.8) is 0 Å². The summed E-state index contributed by atoms with van der Waals surface area (Å²) in [5, 5.41) is 5.61. The Labute approximate surface area is 172 Å². The van der Waals surface area contributed by atoms with Crippen LogP contribution in [0.3, 0.4) is 0 Å². The molecule has 11 heteroatoms. The van der Waals surface area contributed by atoms with Crippen molar-refractivity contribution in [2.45, 2.75) is 12.6 Å². The van der Waals surface area contributed by atoms with E-state index in [4.69, 9.17) is 4.74 Å². The molecule has 0 aliphatic heterocycles. The maximum Gasteiger partial charge on any atom is 0.433 e. The zero-order chi connectivity index (χ0) is 22.3. The molecule has 30 heavy (non-hydrogen) atoms. The standard InChI is InChI=1S/C19H24F3N5O3/c1-27(2)9-5-8-23-18-25-15(19(20,21)22)11-16(26-18)24-12-6-7-13(17(28)30-4)14(10-12)29-3/h6-7,10-11H,5,8-9H2,1-4H3,(H2,23,24,25,26). The average Bonchev–Trinajstić information content (AvgIpc) is 2.69. The van der Waals surface area contributed by atoms with Crippen molar-refractivity contribution >= 4 is 23.4 Å². The average molecular weight is 427 g/mol. The van der Waals surface area contributed by atoms with Crippen LogP contribution in [0.4, 0.5) is 30.6 Å². The molecule has 2 N–H and O–H groups in total. The van der Waals surface area contributed by atoms with Crippen molar-refractivity contribution in [3.05, 3.63) is 35.5 Å². The molecule has 0 amide bonds. The van der Waals surface area contributed by atoms with E-state index in [9.17, 15) is 18.0 Å². The number of nitrogens with one attached hydrogen (secondary N) is 2. The van der Waals surface area contributed by atoms with E-state index in [1.807, 2.05) is 19.0 Å². The lowest BCUT2D eigenvalue weighted by Crippen LogP contribution is -2.18. The van der Waals surface area contributed by atoms with E-state index in [-0.39, 0.29) is 23.1 Å². The second kappa shape index (κ2) is 10.1. The number of carbonyl (C=O) groups is 1. The molecule has 0 spiro atoms. The molecule has 0 unspecified atom stereocenters. The van der Waals surface area contributed by atoms with Crippen molar-refractivity contribution in [1.29, 1.82) is 0 Å². The van der Waals surface area contributed by atoms with Crippen LogP contribution >= 0.6 is 0 Å². The van der Waals surface area contributed by atoms with Gasteiger partial charge in [0.25, 0.3) is 0 Å². The molecule has 0 atom stereocenters. The molecule has 1 aromatic carbocycles. The Hall–Kier alpha value is -3.08. The van der Waals surface area contributed by atoms with Gasteiger partial charge in [0.05, 0.1) is 14.2 Å². The van der Waals surface area contributed by atoms with E-state index in [2.05, 4.69) is 25.3 Å². The van der Waals surface area contributed by atoms with Gasteiger partial charge in [0, 0.05) is 24.4 Å². The monoisotopic (exact) mass is 427 g/mol. The lowest BCUT2D eigenvalue weighted by Gasteiger charge is -2.14. The van der Waals surface area contributed by atoms with Gasteiger partial charge in [0.1, 0.15) is 17.1 Å². The number of halogens is 3. The third-order valence-electron chi connectivity index (χ3n) is 3.96. The van der Waals surface area contributed by atoms with E-state index < -0.39 is 17.8 Å². The summed E-state index contributed by atoms with van der Waals surface area (Å²) in [6.07, 6.45) is -3.92. The Morgan fingerprint density at radius 3 is 2.50 bits per heavy atom. The van der Waals surface area contributed by atoms with Crippen molar-refractivity contribution in [1.82, 2.24) is 14.9 Å². The van der Waals surface area contributed by atoms with E-state index >= 15 is 0 Å². The number of nitrogens with zero attached hydrogens (tertiary/aromatic N) is 3. The van der Waals surface area contributed by atoms with Crippen LogP contribution in [0.25, 0.3) is 0 Å². The largest absolute Gasteiger partial charge is 0.496 e. The van der Waals surface area contributed by atoms with Crippen LogP contribution in [-0.2, 0) is 10.9 Å². The summed E-state index contributed by atoms with van der Waals surface area (Å²) in [4.78, 5) is 21.4. The van der Waals surface area contributed by atoms with Gasteiger partial charge in [-0.05, 0) is 39.2 Å². The number of benzene rings is 1. The molecule has 0 saturated carbocycles. The van der Waals surface area contributed by atoms with Crippen LogP contribution in [0.1, 0.15) is 22.5 Å². The highest BCUT2D eigenvalue weighted by molar-refractivity contribution is 5.93. The molecule has 0 radical (unpaired) electrons. The number of rotatable bonds is 9. The van der Waals surface area contributed by atoms with Crippen LogP contribution < -0.4 is 15.4 Å². The molecular formula is C19H24F3N5O3. The highest BCUT2D eigenvalue weighted by Crippen LogP contribution is 2.31. The van der Waals surface area contributed by atoms with Crippen LogP contribution in [0.15, 0.2) is 24.3 Å². The first kappa shape index (κ1) is 23.2. The van der Waals surface area contributed by atoms with Crippen molar-refractivity contribution in [2.75, 3.05) is 52.0 Å². The molecule has 0 saturated heterocycles. The zero-order valence-electron chi connectivity index (χ0n) is 17.1. The van der Waals surface area contributed by atoms with E-state index in [0.717, 1.165) is 12.6 Å². The van der Waals surface area contributed by atoms with Crippen LogP contribution in [0.5, 0.6) is 5.75 Å². The maximum absolute atomic E-state index is 13.3. The highest BCUT2D eigenvalue weighted by Gasteiger charge is 2.33. The number of hydrogen-bond donors (Lipinski definition) is 2. The first-order valence-corrected chi connectivity index (χ1v) is 9.02. The fourth-order valence-electron chi connectivity index (χ4n) is 2.53. The van der Waals surface area contributed by atoms with E-state index in [0.29, 0.717) is 18.7 Å². The van der Waals surface area contributed by atoms with Gasteiger partial charge in [-0.1, -0.05) is 0 Å². The molecule has 2 rings (SSSR count). The van der Waals surface area contributed by atoms with Gasteiger partial charge in [0.15, 0.2) is 5.69 Å². The van der Waals surface area contributed by atoms with Crippen LogP contribution in [0.2, 0.25) is 0 Å². The Bertz CT molecular complexity index is 875. The number of aromatic nitrogens is 2. The number of carbonyl (C=O) groups excluding carboxylic acids is 1. The van der Waals surface area contributed by atoms with Gasteiger partial charge >= 0.3 is 12.1 Å². The number of anilines is 3. The second-order valence-corrected chi connectivity index (χ2v) is 6.58. The summed E-state index contributed by atoms with van der Waals surface area (Å²) < 4.78 is 49.6. The molecule has 0 aliphatic carbocycles. The fraction of sp³-hybridized carbons (Fsp3) is 0.421. The number of esters is 1. The Morgan fingerprint density at radius 1 is 1.17 bits per heavy atom. The van der Waals surface area contributed by atoms with Crippen molar-refractivity contribution in [2.24, 2.45) is 0 Å². The molecule has 2 aromatic rings. The molecule has 164 valence electrons. The topological polar surface area (TPSA) is 88.6 Å². The predicted octanol–water partition coefficient (Wildman–Crippen LogP) is 3.40. The molecule has 1 aromatic heterocycles. The third kappa shape index (κ3) is 6.48. The maximum atomic E-state index is 13.3. The minimum Gasteiger partial charge on any atom is -0.496 e. The molecule has 0 aliphatic rings. The minimum atomic E-state index is -4.63. The zero-order valence-corrected chi connectivity index (χ0v) is 17.1. The van der Waals surface area contributed by atoms with Gasteiger partial charge in [-0.2, -0.15) is 18.2 Å².